The second-order valence-electron chi connectivity index (χ2n) is 7.46. The van der Waals surface area contributed by atoms with Crippen LogP contribution < -0.4 is 5.32 Å². The summed E-state index contributed by atoms with van der Waals surface area (Å²) in [4.78, 5) is 27.3. The van der Waals surface area contributed by atoms with Crippen LogP contribution in [-0.4, -0.2) is 29.3 Å². The molecule has 0 heterocycles. The van der Waals surface area contributed by atoms with Gasteiger partial charge in [0, 0.05) is 18.1 Å². The van der Waals surface area contributed by atoms with Gasteiger partial charge in [-0.1, -0.05) is 67.9 Å². The number of nitrogens with zero attached hydrogens (tertiary/aromatic N) is 1. The maximum absolute atomic E-state index is 13.0. The summed E-state index contributed by atoms with van der Waals surface area (Å²) in [5.41, 5.74) is 1.87. The van der Waals surface area contributed by atoms with E-state index in [9.17, 15) is 9.59 Å². The monoisotopic (exact) mass is 400 g/mol. The van der Waals surface area contributed by atoms with Crippen LogP contribution in [0.3, 0.4) is 0 Å². The predicted molar refractivity (Wildman–Crippen MR) is 114 cm³/mol. The van der Waals surface area contributed by atoms with E-state index in [2.05, 4.69) is 19.2 Å². The van der Waals surface area contributed by atoms with E-state index < -0.39 is 6.04 Å². The minimum Gasteiger partial charge on any atom is -0.354 e. The molecule has 150 valence electrons. The van der Waals surface area contributed by atoms with Gasteiger partial charge in [0.05, 0.1) is 6.42 Å². The molecule has 4 nitrogen and oxygen atoms in total. The van der Waals surface area contributed by atoms with Crippen LogP contribution in [0.25, 0.3) is 0 Å². The Morgan fingerprint density at radius 1 is 0.964 bits per heavy atom. The summed E-state index contributed by atoms with van der Waals surface area (Å²) < 4.78 is 0. The summed E-state index contributed by atoms with van der Waals surface area (Å²) in [5, 5.41) is 3.60. The molecule has 0 fully saturated rings. The molecule has 0 aromatic heterocycles. The van der Waals surface area contributed by atoms with Gasteiger partial charge in [0.25, 0.3) is 0 Å². The van der Waals surface area contributed by atoms with Crippen molar-refractivity contribution in [3.63, 3.8) is 0 Å². The normalized spacial score (nSPS) is 11.9. The molecule has 0 saturated heterocycles. The Kier molecular flexibility index (Phi) is 8.52. The molecule has 0 unspecified atom stereocenters. The molecule has 28 heavy (non-hydrogen) atoms. The molecule has 1 atom stereocenters. The van der Waals surface area contributed by atoms with Gasteiger partial charge < -0.3 is 10.2 Å². The minimum atomic E-state index is -0.556. The number of hydrogen-bond acceptors (Lipinski definition) is 2. The Labute approximate surface area is 172 Å². The second kappa shape index (κ2) is 10.9. The Morgan fingerprint density at radius 3 is 2.21 bits per heavy atom. The van der Waals surface area contributed by atoms with Crippen molar-refractivity contribution in [3.05, 3.63) is 70.7 Å². The first kappa shape index (κ1) is 22.0. The fraction of sp³-hybridized carbons (Fsp3) is 0.391. The maximum Gasteiger partial charge on any atom is 0.242 e. The Balaban J connectivity index is 2.13. The van der Waals surface area contributed by atoms with Crippen LogP contribution in [-0.2, 0) is 22.6 Å². The quantitative estimate of drug-likeness (QED) is 0.675. The number of hydrogen-bond donors (Lipinski definition) is 1. The van der Waals surface area contributed by atoms with E-state index in [0.717, 1.165) is 17.5 Å². The van der Waals surface area contributed by atoms with E-state index in [0.29, 0.717) is 24.0 Å². The molecule has 2 aromatic rings. The molecular weight excluding hydrogens is 372 g/mol. The number of carbonyl (C=O) groups excluding carboxylic acids is 2. The van der Waals surface area contributed by atoms with Gasteiger partial charge in [0.2, 0.25) is 11.8 Å². The van der Waals surface area contributed by atoms with Gasteiger partial charge in [0.1, 0.15) is 6.04 Å². The lowest BCUT2D eigenvalue weighted by Gasteiger charge is -2.29. The Bertz CT molecular complexity index is 760. The van der Waals surface area contributed by atoms with Gasteiger partial charge in [-0.25, -0.2) is 0 Å². The third-order valence-electron chi connectivity index (χ3n) is 4.65. The Morgan fingerprint density at radius 2 is 1.61 bits per heavy atom. The zero-order chi connectivity index (χ0) is 20.5. The average Bonchev–Trinajstić information content (AvgIpc) is 2.67. The van der Waals surface area contributed by atoms with Crippen molar-refractivity contribution in [2.75, 3.05) is 6.54 Å². The lowest BCUT2D eigenvalue weighted by molar-refractivity contribution is -0.140. The van der Waals surface area contributed by atoms with Gasteiger partial charge in [-0.05, 0) is 42.5 Å². The number of rotatable bonds is 9. The van der Waals surface area contributed by atoms with Crippen molar-refractivity contribution in [3.8, 4) is 0 Å². The van der Waals surface area contributed by atoms with Crippen LogP contribution in [0.4, 0.5) is 0 Å². The summed E-state index contributed by atoms with van der Waals surface area (Å²) in [6.45, 7) is 6.99. The standard InChI is InChI=1S/C23H29ClN2O2/c1-17(2)13-14-25-23(28)18(3)26(16-20-9-11-21(24)12-10-20)22(27)15-19-7-5-4-6-8-19/h4-12,17-18H,13-16H2,1-3H3,(H,25,28)/t18-/m0/s1. The van der Waals surface area contributed by atoms with Crippen LogP contribution in [0, 0.1) is 5.92 Å². The highest BCUT2D eigenvalue weighted by Crippen LogP contribution is 2.15. The number of benzene rings is 2. The highest BCUT2D eigenvalue weighted by molar-refractivity contribution is 6.30. The number of halogens is 1. The first-order valence-corrected chi connectivity index (χ1v) is 10.1. The summed E-state index contributed by atoms with van der Waals surface area (Å²) >= 11 is 5.97. The number of carbonyl (C=O) groups is 2. The van der Waals surface area contributed by atoms with Crippen molar-refractivity contribution in [2.24, 2.45) is 5.92 Å². The van der Waals surface area contributed by atoms with Crippen LogP contribution >= 0.6 is 11.6 Å². The SMILES string of the molecule is CC(C)CCNC(=O)[C@H](C)N(Cc1ccc(Cl)cc1)C(=O)Cc1ccccc1. The molecule has 0 aliphatic heterocycles. The van der Waals surface area contributed by atoms with E-state index in [1.54, 1.807) is 24.0 Å². The van der Waals surface area contributed by atoms with Crippen molar-refractivity contribution in [1.29, 1.82) is 0 Å². The minimum absolute atomic E-state index is 0.0762. The van der Waals surface area contributed by atoms with E-state index in [1.165, 1.54) is 0 Å². The lowest BCUT2D eigenvalue weighted by atomic mass is 10.1. The average molecular weight is 401 g/mol. The number of amides is 2. The molecule has 0 spiro atoms. The third kappa shape index (κ3) is 7.01. The first-order valence-electron chi connectivity index (χ1n) is 9.72. The Hall–Kier alpha value is -2.33. The highest BCUT2D eigenvalue weighted by Gasteiger charge is 2.26. The van der Waals surface area contributed by atoms with Gasteiger partial charge in [-0.3, -0.25) is 9.59 Å². The van der Waals surface area contributed by atoms with Gasteiger partial charge in [-0.2, -0.15) is 0 Å². The molecular formula is C23H29ClN2O2. The smallest absolute Gasteiger partial charge is 0.242 e. The summed E-state index contributed by atoms with van der Waals surface area (Å²) in [6, 6.07) is 16.4. The van der Waals surface area contributed by atoms with Gasteiger partial charge in [0.15, 0.2) is 0 Å². The summed E-state index contributed by atoms with van der Waals surface area (Å²) in [6.07, 6.45) is 1.17. The molecule has 0 aliphatic rings. The molecule has 0 radical (unpaired) electrons. The summed E-state index contributed by atoms with van der Waals surface area (Å²) in [5.74, 6) is 0.309. The molecule has 2 rings (SSSR count). The second-order valence-corrected chi connectivity index (χ2v) is 7.90. The topological polar surface area (TPSA) is 49.4 Å². The van der Waals surface area contributed by atoms with E-state index in [1.807, 2.05) is 42.5 Å². The van der Waals surface area contributed by atoms with Crippen LogP contribution in [0.5, 0.6) is 0 Å². The lowest BCUT2D eigenvalue weighted by Crippen LogP contribution is -2.48. The molecule has 0 bridgehead atoms. The van der Waals surface area contributed by atoms with E-state index in [4.69, 9.17) is 11.6 Å². The molecule has 5 heteroatoms. The molecule has 0 saturated carbocycles. The fourth-order valence-electron chi connectivity index (χ4n) is 2.87. The van der Waals surface area contributed by atoms with Crippen molar-refractivity contribution < 1.29 is 9.59 Å². The zero-order valence-electron chi connectivity index (χ0n) is 16.8. The molecule has 1 N–H and O–H groups in total. The molecule has 2 aromatic carbocycles. The highest BCUT2D eigenvalue weighted by atomic mass is 35.5. The van der Waals surface area contributed by atoms with Crippen LogP contribution in [0.15, 0.2) is 54.6 Å². The predicted octanol–water partition coefficient (Wildman–Crippen LogP) is 4.46. The third-order valence-corrected chi connectivity index (χ3v) is 4.90. The first-order chi connectivity index (χ1) is 13.4. The van der Waals surface area contributed by atoms with Crippen molar-refractivity contribution in [1.82, 2.24) is 10.2 Å². The largest absolute Gasteiger partial charge is 0.354 e. The van der Waals surface area contributed by atoms with Crippen LogP contribution in [0.1, 0.15) is 38.3 Å². The van der Waals surface area contributed by atoms with Gasteiger partial charge in [-0.15, -0.1) is 0 Å². The van der Waals surface area contributed by atoms with Crippen molar-refractivity contribution >= 4 is 23.4 Å². The fourth-order valence-corrected chi connectivity index (χ4v) is 3.00. The van der Waals surface area contributed by atoms with Gasteiger partial charge >= 0.3 is 0 Å². The molecule has 2 amide bonds. The van der Waals surface area contributed by atoms with Crippen LogP contribution in [0.2, 0.25) is 5.02 Å². The zero-order valence-corrected chi connectivity index (χ0v) is 17.6. The van der Waals surface area contributed by atoms with E-state index >= 15 is 0 Å². The van der Waals surface area contributed by atoms with Crippen molar-refractivity contribution in [2.45, 2.75) is 46.2 Å². The maximum atomic E-state index is 13.0. The molecule has 0 aliphatic carbocycles. The van der Waals surface area contributed by atoms with E-state index in [-0.39, 0.29) is 18.2 Å². The number of nitrogens with one attached hydrogen (secondary N) is 1. The summed E-state index contributed by atoms with van der Waals surface area (Å²) in [7, 11) is 0.